The quantitative estimate of drug-likeness (QED) is 0.855. The van der Waals surface area contributed by atoms with E-state index >= 15 is 0 Å². The van der Waals surface area contributed by atoms with Gasteiger partial charge in [-0.05, 0) is 58.9 Å². The minimum atomic E-state index is -0.412. The van der Waals surface area contributed by atoms with Crippen molar-refractivity contribution in [3.63, 3.8) is 0 Å². The Morgan fingerprint density at radius 2 is 2.00 bits per heavy atom. The van der Waals surface area contributed by atoms with Crippen molar-refractivity contribution in [2.24, 2.45) is 5.92 Å². The molecule has 110 valence electrons. The van der Waals surface area contributed by atoms with E-state index in [2.05, 4.69) is 10.2 Å². The summed E-state index contributed by atoms with van der Waals surface area (Å²) < 4.78 is 5.32. The summed E-state index contributed by atoms with van der Waals surface area (Å²) in [5.74, 6) is 0.903. The Labute approximate surface area is 116 Å². The van der Waals surface area contributed by atoms with Gasteiger partial charge in [0.05, 0.1) is 0 Å². The van der Waals surface area contributed by atoms with Gasteiger partial charge in [-0.3, -0.25) is 0 Å². The van der Waals surface area contributed by atoms with Crippen molar-refractivity contribution in [2.75, 3.05) is 19.6 Å². The SMILES string of the molecule is CC(C)(C)OC(=O)NC1CCCN(CC2CCC2)C1. The second-order valence-corrected chi connectivity index (χ2v) is 7.04. The standard InChI is InChI=1S/C15H28N2O2/c1-15(2,3)19-14(18)16-13-8-5-9-17(11-13)10-12-6-4-7-12/h12-13H,4-11H2,1-3H3,(H,16,18). The number of hydrogen-bond donors (Lipinski definition) is 1. The maximum atomic E-state index is 11.8. The molecule has 19 heavy (non-hydrogen) atoms. The Kier molecular flexibility index (Phi) is 4.71. The maximum absolute atomic E-state index is 11.8. The lowest BCUT2D eigenvalue weighted by atomic mass is 9.84. The average molecular weight is 268 g/mol. The fourth-order valence-electron chi connectivity index (χ4n) is 2.85. The lowest BCUT2D eigenvalue weighted by molar-refractivity contribution is 0.0461. The molecule has 2 aliphatic rings. The number of ether oxygens (including phenoxy) is 1. The van der Waals surface area contributed by atoms with Crippen LogP contribution in [0.5, 0.6) is 0 Å². The highest BCUT2D eigenvalue weighted by Gasteiger charge is 2.27. The fourth-order valence-corrected chi connectivity index (χ4v) is 2.85. The van der Waals surface area contributed by atoms with Gasteiger partial charge in [0.2, 0.25) is 0 Å². The summed E-state index contributed by atoms with van der Waals surface area (Å²) in [5.41, 5.74) is -0.412. The Hall–Kier alpha value is -0.770. The molecule has 1 saturated heterocycles. The summed E-state index contributed by atoms with van der Waals surface area (Å²) >= 11 is 0. The van der Waals surface area contributed by atoms with Gasteiger partial charge in [-0.25, -0.2) is 4.79 Å². The van der Waals surface area contributed by atoms with Crippen molar-refractivity contribution >= 4 is 6.09 Å². The number of piperidine rings is 1. The predicted octanol–water partition coefficient (Wildman–Crippen LogP) is 2.78. The summed E-state index contributed by atoms with van der Waals surface area (Å²) in [6.07, 6.45) is 6.15. The van der Waals surface area contributed by atoms with Crippen molar-refractivity contribution in [3.05, 3.63) is 0 Å². The molecule has 4 heteroatoms. The van der Waals surface area contributed by atoms with Crippen molar-refractivity contribution in [1.29, 1.82) is 0 Å². The topological polar surface area (TPSA) is 41.6 Å². The normalized spacial score (nSPS) is 25.7. The van der Waals surface area contributed by atoms with Crippen LogP contribution in [-0.4, -0.2) is 42.3 Å². The minimum absolute atomic E-state index is 0.253. The summed E-state index contributed by atoms with van der Waals surface area (Å²) in [7, 11) is 0. The molecule has 0 aromatic heterocycles. The summed E-state index contributed by atoms with van der Waals surface area (Å²) in [6.45, 7) is 9.08. The number of rotatable bonds is 3. The first-order valence-corrected chi connectivity index (χ1v) is 7.64. The van der Waals surface area contributed by atoms with E-state index in [4.69, 9.17) is 4.74 Å². The molecule has 0 radical (unpaired) electrons. The Balaban J connectivity index is 1.72. The molecule has 1 saturated carbocycles. The lowest BCUT2D eigenvalue weighted by Gasteiger charge is -2.37. The van der Waals surface area contributed by atoms with Crippen molar-refractivity contribution < 1.29 is 9.53 Å². The van der Waals surface area contributed by atoms with E-state index in [0.717, 1.165) is 18.9 Å². The van der Waals surface area contributed by atoms with Crippen LogP contribution in [0, 0.1) is 5.92 Å². The largest absolute Gasteiger partial charge is 0.444 e. The van der Waals surface area contributed by atoms with Crippen molar-refractivity contribution in [3.8, 4) is 0 Å². The third kappa shape index (κ3) is 5.01. The molecule has 1 N–H and O–H groups in total. The molecule has 1 atom stereocenters. The van der Waals surface area contributed by atoms with Crippen LogP contribution in [0.25, 0.3) is 0 Å². The number of nitrogens with zero attached hydrogens (tertiary/aromatic N) is 1. The molecular formula is C15H28N2O2. The van der Waals surface area contributed by atoms with Crippen LogP contribution >= 0.6 is 0 Å². The number of nitrogens with one attached hydrogen (secondary N) is 1. The zero-order valence-corrected chi connectivity index (χ0v) is 12.6. The second-order valence-electron chi connectivity index (χ2n) is 7.04. The lowest BCUT2D eigenvalue weighted by Crippen LogP contribution is -2.50. The fraction of sp³-hybridized carbons (Fsp3) is 0.933. The number of hydrogen-bond acceptors (Lipinski definition) is 3. The molecule has 1 aliphatic carbocycles. The highest BCUT2D eigenvalue weighted by atomic mass is 16.6. The molecule has 4 nitrogen and oxygen atoms in total. The Bertz CT molecular complexity index is 308. The number of carbonyl (C=O) groups is 1. The van der Waals surface area contributed by atoms with Crippen LogP contribution in [0.1, 0.15) is 52.9 Å². The van der Waals surface area contributed by atoms with Crippen LogP contribution in [0.15, 0.2) is 0 Å². The molecule has 1 heterocycles. The minimum Gasteiger partial charge on any atom is -0.444 e. The maximum Gasteiger partial charge on any atom is 0.407 e. The van der Waals surface area contributed by atoms with Gasteiger partial charge in [0.1, 0.15) is 5.60 Å². The molecule has 1 aliphatic heterocycles. The molecule has 1 unspecified atom stereocenters. The molecular weight excluding hydrogens is 240 g/mol. The first-order valence-electron chi connectivity index (χ1n) is 7.64. The van der Waals surface area contributed by atoms with E-state index in [0.29, 0.717) is 0 Å². The van der Waals surface area contributed by atoms with E-state index in [1.54, 1.807) is 0 Å². The first kappa shape index (κ1) is 14.6. The number of alkyl carbamates (subject to hydrolysis) is 1. The molecule has 0 aromatic rings. The van der Waals surface area contributed by atoms with Gasteiger partial charge in [0.25, 0.3) is 0 Å². The van der Waals surface area contributed by atoms with E-state index in [1.807, 2.05) is 20.8 Å². The van der Waals surface area contributed by atoms with Gasteiger partial charge in [-0.15, -0.1) is 0 Å². The van der Waals surface area contributed by atoms with Gasteiger partial charge in [-0.1, -0.05) is 6.42 Å². The highest BCUT2D eigenvalue weighted by molar-refractivity contribution is 5.68. The van der Waals surface area contributed by atoms with Crippen molar-refractivity contribution in [2.45, 2.75) is 64.5 Å². The third-order valence-electron chi connectivity index (χ3n) is 3.97. The Morgan fingerprint density at radius 1 is 1.26 bits per heavy atom. The molecule has 0 bridgehead atoms. The van der Waals surface area contributed by atoms with Gasteiger partial charge in [0.15, 0.2) is 0 Å². The molecule has 2 rings (SSSR count). The number of amides is 1. The number of likely N-dealkylation sites (tertiary alicyclic amines) is 1. The van der Waals surface area contributed by atoms with Gasteiger partial charge >= 0.3 is 6.09 Å². The van der Waals surface area contributed by atoms with E-state index in [-0.39, 0.29) is 12.1 Å². The highest BCUT2D eigenvalue weighted by Crippen LogP contribution is 2.28. The first-order chi connectivity index (χ1) is 8.92. The molecule has 0 spiro atoms. The van der Waals surface area contributed by atoms with Crippen LogP contribution in [0.4, 0.5) is 4.79 Å². The zero-order valence-electron chi connectivity index (χ0n) is 12.6. The summed E-state index contributed by atoms with van der Waals surface area (Å²) in [6, 6.07) is 0.253. The average Bonchev–Trinajstić information content (AvgIpc) is 2.21. The summed E-state index contributed by atoms with van der Waals surface area (Å²) in [4.78, 5) is 14.3. The summed E-state index contributed by atoms with van der Waals surface area (Å²) in [5, 5.41) is 3.01. The van der Waals surface area contributed by atoms with E-state index in [9.17, 15) is 4.79 Å². The van der Waals surface area contributed by atoms with Gasteiger partial charge in [-0.2, -0.15) is 0 Å². The Morgan fingerprint density at radius 3 is 2.58 bits per heavy atom. The van der Waals surface area contributed by atoms with Crippen LogP contribution < -0.4 is 5.32 Å². The molecule has 2 fully saturated rings. The van der Waals surface area contributed by atoms with Crippen LogP contribution in [0.2, 0.25) is 0 Å². The predicted molar refractivity (Wildman–Crippen MR) is 76.2 cm³/mol. The zero-order chi connectivity index (χ0) is 13.9. The van der Waals surface area contributed by atoms with Crippen LogP contribution in [-0.2, 0) is 4.74 Å². The van der Waals surface area contributed by atoms with Gasteiger partial charge < -0.3 is 15.0 Å². The second kappa shape index (κ2) is 6.12. The monoisotopic (exact) mass is 268 g/mol. The van der Waals surface area contributed by atoms with Crippen LogP contribution in [0.3, 0.4) is 0 Å². The molecule has 1 amide bonds. The third-order valence-corrected chi connectivity index (χ3v) is 3.97. The van der Waals surface area contributed by atoms with E-state index < -0.39 is 5.60 Å². The van der Waals surface area contributed by atoms with Crippen molar-refractivity contribution in [1.82, 2.24) is 10.2 Å². The number of carbonyl (C=O) groups excluding carboxylic acids is 1. The van der Waals surface area contributed by atoms with Gasteiger partial charge in [0, 0.05) is 19.1 Å². The smallest absolute Gasteiger partial charge is 0.407 e. The van der Waals surface area contributed by atoms with E-state index in [1.165, 1.54) is 38.8 Å². The molecule has 0 aromatic carbocycles.